The molecule has 1 aromatic heterocycles. The summed E-state index contributed by atoms with van der Waals surface area (Å²) in [6.07, 6.45) is 13.0. The second-order valence-corrected chi connectivity index (χ2v) is 7.55. The first-order chi connectivity index (χ1) is 10.1. The number of hydrogen-bond donors (Lipinski definition) is 1. The van der Waals surface area contributed by atoms with Crippen LogP contribution in [0, 0.1) is 18.8 Å². The van der Waals surface area contributed by atoms with Crippen LogP contribution in [-0.2, 0) is 0 Å². The van der Waals surface area contributed by atoms with E-state index in [0.29, 0.717) is 12.1 Å². The van der Waals surface area contributed by atoms with E-state index in [4.69, 9.17) is 4.98 Å². The Morgan fingerprint density at radius 1 is 1.10 bits per heavy atom. The maximum absolute atomic E-state index is 4.79. The molecular weight excluding hydrogens is 258 g/mol. The molecule has 2 aliphatic carbocycles. The van der Waals surface area contributed by atoms with Gasteiger partial charge >= 0.3 is 0 Å². The molecule has 0 aromatic carbocycles. The molecule has 21 heavy (non-hydrogen) atoms. The smallest absolute Gasteiger partial charge is 0.203 e. The third kappa shape index (κ3) is 3.44. The zero-order chi connectivity index (χ0) is 14.8. The molecule has 2 fully saturated rings. The molecule has 3 nitrogen and oxygen atoms in total. The molecule has 0 bridgehead atoms. The van der Waals surface area contributed by atoms with Gasteiger partial charge in [0.2, 0.25) is 5.95 Å². The minimum absolute atomic E-state index is 0.602. The van der Waals surface area contributed by atoms with Gasteiger partial charge in [0.1, 0.15) is 0 Å². The average Bonchev–Trinajstić information content (AvgIpc) is 2.84. The zero-order valence-electron chi connectivity index (χ0n) is 13.9. The third-order valence-corrected chi connectivity index (χ3v) is 5.57. The van der Waals surface area contributed by atoms with Crippen molar-refractivity contribution in [3.05, 3.63) is 11.9 Å². The van der Waals surface area contributed by atoms with Crippen LogP contribution in [0.15, 0.2) is 6.20 Å². The Kier molecular flexibility index (Phi) is 4.56. The van der Waals surface area contributed by atoms with Gasteiger partial charge in [-0.15, -0.1) is 0 Å². The van der Waals surface area contributed by atoms with Crippen LogP contribution in [0.5, 0.6) is 0 Å². The van der Waals surface area contributed by atoms with E-state index in [-0.39, 0.29) is 0 Å². The lowest BCUT2D eigenvalue weighted by Crippen LogP contribution is -2.34. The van der Waals surface area contributed by atoms with E-state index in [2.05, 4.69) is 36.9 Å². The zero-order valence-corrected chi connectivity index (χ0v) is 13.9. The summed E-state index contributed by atoms with van der Waals surface area (Å²) in [6.45, 7) is 6.91. The van der Waals surface area contributed by atoms with Crippen molar-refractivity contribution < 1.29 is 0 Å². The van der Waals surface area contributed by atoms with E-state index in [1.54, 1.807) is 0 Å². The highest BCUT2D eigenvalue weighted by Crippen LogP contribution is 2.34. The maximum atomic E-state index is 4.79. The Hall–Kier alpha value is -0.990. The van der Waals surface area contributed by atoms with Crippen molar-refractivity contribution in [2.45, 2.75) is 84.2 Å². The molecule has 0 radical (unpaired) electrons. The number of aryl methyl sites for hydroxylation is 1. The second kappa shape index (κ2) is 6.41. The second-order valence-electron chi connectivity index (χ2n) is 7.55. The lowest BCUT2D eigenvalue weighted by molar-refractivity contribution is 0.274. The number of imidazole rings is 1. The quantitative estimate of drug-likeness (QED) is 0.854. The van der Waals surface area contributed by atoms with Gasteiger partial charge in [0.15, 0.2) is 0 Å². The molecule has 3 heteroatoms. The summed E-state index contributed by atoms with van der Waals surface area (Å²) in [7, 11) is 0. The van der Waals surface area contributed by atoms with E-state index in [1.165, 1.54) is 51.4 Å². The summed E-state index contributed by atoms with van der Waals surface area (Å²) >= 11 is 0. The Morgan fingerprint density at radius 2 is 1.86 bits per heavy atom. The molecule has 0 spiro atoms. The van der Waals surface area contributed by atoms with Crippen LogP contribution in [0.25, 0.3) is 0 Å². The predicted octanol–water partition coefficient (Wildman–Crippen LogP) is 4.93. The predicted molar refractivity (Wildman–Crippen MR) is 88.7 cm³/mol. The number of nitrogens with one attached hydrogen (secondary N) is 1. The Morgan fingerprint density at radius 3 is 2.57 bits per heavy atom. The van der Waals surface area contributed by atoms with Gasteiger partial charge in [0.25, 0.3) is 0 Å². The summed E-state index contributed by atoms with van der Waals surface area (Å²) in [4.78, 5) is 4.79. The van der Waals surface area contributed by atoms with Gasteiger partial charge in [-0.05, 0) is 50.9 Å². The van der Waals surface area contributed by atoms with Gasteiger partial charge in [-0.2, -0.15) is 0 Å². The molecule has 0 amide bonds. The van der Waals surface area contributed by atoms with Crippen molar-refractivity contribution in [1.82, 2.24) is 9.55 Å². The first-order valence-corrected chi connectivity index (χ1v) is 8.95. The average molecular weight is 289 g/mol. The number of anilines is 1. The number of nitrogens with zero attached hydrogens (tertiary/aromatic N) is 2. The lowest BCUT2D eigenvalue weighted by Gasteiger charge is -2.34. The largest absolute Gasteiger partial charge is 0.353 e. The summed E-state index contributed by atoms with van der Waals surface area (Å²) < 4.78 is 2.44. The van der Waals surface area contributed by atoms with Crippen LogP contribution in [-0.4, -0.2) is 15.6 Å². The fourth-order valence-corrected chi connectivity index (χ4v) is 4.31. The fourth-order valence-electron chi connectivity index (χ4n) is 4.31. The van der Waals surface area contributed by atoms with Crippen LogP contribution >= 0.6 is 0 Å². The molecule has 1 heterocycles. The van der Waals surface area contributed by atoms with Gasteiger partial charge in [-0.1, -0.05) is 33.1 Å². The van der Waals surface area contributed by atoms with Crippen molar-refractivity contribution >= 4 is 5.95 Å². The minimum atomic E-state index is 0.602. The lowest BCUT2D eigenvalue weighted by atomic mass is 9.80. The van der Waals surface area contributed by atoms with Crippen LogP contribution < -0.4 is 5.32 Å². The molecule has 3 rings (SSSR count). The van der Waals surface area contributed by atoms with Crippen LogP contribution in [0.2, 0.25) is 0 Å². The molecule has 3 atom stereocenters. The minimum Gasteiger partial charge on any atom is -0.353 e. The topological polar surface area (TPSA) is 29.9 Å². The molecule has 0 saturated heterocycles. The highest BCUT2D eigenvalue weighted by atomic mass is 15.2. The first-order valence-electron chi connectivity index (χ1n) is 8.95. The molecule has 0 aliphatic heterocycles. The van der Waals surface area contributed by atoms with Crippen LogP contribution in [0.3, 0.4) is 0 Å². The first kappa shape index (κ1) is 14.9. The van der Waals surface area contributed by atoms with Crippen molar-refractivity contribution in [2.75, 3.05) is 5.32 Å². The van der Waals surface area contributed by atoms with Gasteiger partial charge < -0.3 is 9.88 Å². The fraction of sp³-hybridized carbons (Fsp3) is 0.833. The summed E-state index contributed by atoms with van der Waals surface area (Å²) in [5.41, 5.74) is 1.15. The van der Waals surface area contributed by atoms with Gasteiger partial charge in [-0.3, -0.25) is 0 Å². The normalized spacial score (nSPS) is 31.3. The highest BCUT2D eigenvalue weighted by Gasteiger charge is 2.27. The van der Waals surface area contributed by atoms with E-state index in [9.17, 15) is 0 Å². The summed E-state index contributed by atoms with van der Waals surface area (Å²) in [6, 6.07) is 1.27. The van der Waals surface area contributed by atoms with E-state index in [0.717, 1.165) is 23.5 Å². The van der Waals surface area contributed by atoms with Crippen LogP contribution in [0.1, 0.15) is 76.9 Å². The van der Waals surface area contributed by atoms with Gasteiger partial charge in [0.05, 0.1) is 5.69 Å². The standard InChI is InChI=1S/C18H31N3/c1-13-9-10-17(14(2)11-13)20-18-19-15(3)12-21(18)16-7-5-4-6-8-16/h12-14,16-17H,4-11H2,1-3H3,(H,19,20). The molecule has 3 unspecified atom stereocenters. The van der Waals surface area contributed by atoms with Gasteiger partial charge in [-0.25, -0.2) is 4.98 Å². The molecule has 2 aliphatic rings. The Bertz CT molecular complexity index is 459. The molecule has 118 valence electrons. The van der Waals surface area contributed by atoms with Gasteiger partial charge in [0, 0.05) is 18.3 Å². The molecule has 2 saturated carbocycles. The van der Waals surface area contributed by atoms with Crippen LogP contribution in [0.4, 0.5) is 5.95 Å². The van der Waals surface area contributed by atoms with Crippen molar-refractivity contribution in [2.24, 2.45) is 11.8 Å². The molecular formula is C18H31N3. The highest BCUT2D eigenvalue weighted by molar-refractivity contribution is 5.31. The van der Waals surface area contributed by atoms with Crippen molar-refractivity contribution in [1.29, 1.82) is 0 Å². The number of hydrogen-bond acceptors (Lipinski definition) is 2. The molecule has 1 aromatic rings. The summed E-state index contributed by atoms with van der Waals surface area (Å²) in [5.74, 6) is 2.77. The molecule has 1 N–H and O–H groups in total. The van der Waals surface area contributed by atoms with E-state index in [1.807, 2.05) is 0 Å². The van der Waals surface area contributed by atoms with Crippen molar-refractivity contribution in [3.8, 4) is 0 Å². The Balaban J connectivity index is 1.72. The maximum Gasteiger partial charge on any atom is 0.203 e. The van der Waals surface area contributed by atoms with Crippen molar-refractivity contribution in [3.63, 3.8) is 0 Å². The van der Waals surface area contributed by atoms with E-state index < -0.39 is 0 Å². The summed E-state index contributed by atoms with van der Waals surface area (Å²) in [5, 5.41) is 3.79. The number of rotatable bonds is 3. The Labute approximate surface area is 129 Å². The van der Waals surface area contributed by atoms with E-state index >= 15 is 0 Å². The monoisotopic (exact) mass is 289 g/mol. The third-order valence-electron chi connectivity index (χ3n) is 5.57. The number of aromatic nitrogens is 2. The SMILES string of the molecule is Cc1cn(C2CCCCC2)c(NC2CCC(C)CC2C)n1.